The van der Waals surface area contributed by atoms with Crippen molar-refractivity contribution in [2.24, 2.45) is 0 Å². The Bertz CT molecular complexity index is 628. The lowest BCUT2D eigenvalue weighted by Gasteiger charge is -2.20. The summed E-state index contributed by atoms with van der Waals surface area (Å²) in [5.74, 6) is 2.37. The van der Waals surface area contributed by atoms with Crippen molar-refractivity contribution < 1.29 is 9.47 Å². The van der Waals surface area contributed by atoms with E-state index in [0.29, 0.717) is 13.2 Å². The van der Waals surface area contributed by atoms with Gasteiger partial charge >= 0.3 is 0 Å². The second kappa shape index (κ2) is 5.67. The number of nitrogens with two attached hydrogens (primary N) is 1. The average molecular weight is 287 g/mol. The summed E-state index contributed by atoms with van der Waals surface area (Å²) >= 11 is 1.78. The molecule has 1 heterocycles. The van der Waals surface area contributed by atoms with Crippen LogP contribution in [0.3, 0.4) is 0 Å². The summed E-state index contributed by atoms with van der Waals surface area (Å²) in [5, 5.41) is 0. The molecule has 3 rings (SSSR count). The number of anilines is 1. The summed E-state index contributed by atoms with van der Waals surface area (Å²) in [6.07, 6.45) is 0. The van der Waals surface area contributed by atoms with Crippen LogP contribution in [0.4, 0.5) is 5.69 Å². The number of benzene rings is 2. The third-order valence-corrected chi connectivity index (χ3v) is 4.23. The highest BCUT2D eigenvalue weighted by molar-refractivity contribution is 7.98. The van der Waals surface area contributed by atoms with E-state index in [1.165, 1.54) is 10.5 Å². The topological polar surface area (TPSA) is 44.5 Å². The van der Waals surface area contributed by atoms with E-state index in [4.69, 9.17) is 15.2 Å². The molecular weight excluding hydrogens is 270 g/mol. The number of hydrogen-bond donors (Lipinski definition) is 1. The molecule has 0 unspecified atom stereocenters. The molecule has 0 saturated heterocycles. The molecular formula is C16H17NO2S. The van der Waals surface area contributed by atoms with E-state index < -0.39 is 0 Å². The highest BCUT2D eigenvalue weighted by Gasteiger charge is 2.14. The van der Waals surface area contributed by atoms with Crippen LogP contribution < -0.4 is 15.2 Å². The van der Waals surface area contributed by atoms with Gasteiger partial charge in [-0.25, -0.2) is 0 Å². The summed E-state index contributed by atoms with van der Waals surface area (Å²) in [5.41, 5.74) is 9.20. The lowest BCUT2D eigenvalue weighted by molar-refractivity contribution is 0.171. The third-order valence-electron chi connectivity index (χ3n) is 3.19. The van der Waals surface area contributed by atoms with Gasteiger partial charge in [0.25, 0.3) is 0 Å². The van der Waals surface area contributed by atoms with Gasteiger partial charge in [-0.1, -0.05) is 17.7 Å². The molecule has 0 aromatic heterocycles. The first-order valence-electron chi connectivity index (χ1n) is 6.60. The minimum atomic E-state index is 0.587. The molecule has 0 saturated carbocycles. The minimum Gasteiger partial charge on any atom is -0.486 e. The molecule has 0 atom stereocenters. The van der Waals surface area contributed by atoms with Crippen LogP contribution in [0.1, 0.15) is 11.1 Å². The van der Waals surface area contributed by atoms with Crippen molar-refractivity contribution in [3.63, 3.8) is 0 Å². The molecule has 0 fully saturated rings. The number of ether oxygens (including phenoxy) is 2. The lowest BCUT2D eigenvalue weighted by Crippen LogP contribution is -2.15. The molecule has 2 aromatic rings. The molecule has 1 aliphatic heterocycles. The minimum absolute atomic E-state index is 0.587. The number of rotatable bonds is 3. The molecule has 4 heteroatoms. The van der Waals surface area contributed by atoms with E-state index in [1.54, 1.807) is 11.8 Å². The molecule has 2 aromatic carbocycles. The number of aryl methyl sites for hydroxylation is 1. The van der Waals surface area contributed by atoms with Crippen molar-refractivity contribution >= 4 is 17.4 Å². The predicted molar refractivity (Wildman–Crippen MR) is 82.6 cm³/mol. The monoisotopic (exact) mass is 287 g/mol. The second-order valence-electron chi connectivity index (χ2n) is 4.80. The number of hydrogen-bond acceptors (Lipinski definition) is 4. The molecule has 104 valence electrons. The van der Waals surface area contributed by atoms with Crippen LogP contribution in [0, 0.1) is 6.92 Å². The van der Waals surface area contributed by atoms with Gasteiger partial charge in [0, 0.05) is 22.4 Å². The second-order valence-corrected chi connectivity index (χ2v) is 5.85. The van der Waals surface area contributed by atoms with Crippen LogP contribution in [-0.2, 0) is 5.75 Å². The Kier molecular flexibility index (Phi) is 3.74. The summed E-state index contributed by atoms with van der Waals surface area (Å²) in [6.45, 7) is 3.29. The van der Waals surface area contributed by atoms with E-state index in [0.717, 1.165) is 28.5 Å². The first-order chi connectivity index (χ1) is 9.72. The van der Waals surface area contributed by atoms with Crippen LogP contribution in [0.15, 0.2) is 41.3 Å². The van der Waals surface area contributed by atoms with Gasteiger partial charge in [0.2, 0.25) is 0 Å². The summed E-state index contributed by atoms with van der Waals surface area (Å²) in [4.78, 5) is 1.25. The summed E-state index contributed by atoms with van der Waals surface area (Å²) in [6, 6.07) is 12.3. The SMILES string of the molecule is Cc1cccc(SCc2cc3c(cc2N)OCCO3)c1. The molecule has 1 aliphatic rings. The average Bonchev–Trinajstić information content (AvgIpc) is 2.45. The van der Waals surface area contributed by atoms with Crippen molar-refractivity contribution in [2.45, 2.75) is 17.6 Å². The van der Waals surface area contributed by atoms with Gasteiger partial charge in [0.15, 0.2) is 11.5 Å². The van der Waals surface area contributed by atoms with E-state index in [2.05, 4.69) is 31.2 Å². The molecule has 0 radical (unpaired) electrons. The Morgan fingerprint density at radius 1 is 1.10 bits per heavy atom. The normalized spacial score (nSPS) is 13.2. The van der Waals surface area contributed by atoms with Gasteiger partial charge in [-0.15, -0.1) is 11.8 Å². The summed E-state index contributed by atoms with van der Waals surface area (Å²) < 4.78 is 11.1. The van der Waals surface area contributed by atoms with Gasteiger partial charge < -0.3 is 15.2 Å². The smallest absolute Gasteiger partial charge is 0.163 e. The lowest BCUT2D eigenvalue weighted by atomic mass is 10.2. The van der Waals surface area contributed by atoms with Crippen molar-refractivity contribution in [3.8, 4) is 11.5 Å². The van der Waals surface area contributed by atoms with Gasteiger partial charge in [0.1, 0.15) is 13.2 Å². The summed E-state index contributed by atoms with van der Waals surface area (Å²) in [7, 11) is 0. The quantitative estimate of drug-likeness (QED) is 0.691. The largest absolute Gasteiger partial charge is 0.486 e. The van der Waals surface area contributed by atoms with Crippen LogP contribution in [0.25, 0.3) is 0 Å². The van der Waals surface area contributed by atoms with Crippen LogP contribution >= 0.6 is 11.8 Å². The van der Waals surface area contributed by atoms with Gasteiger partial charge in [-0.05, 0) is 30.7 Å². The first-order valence-corrected chi connectivity index (χ1v) is 7.58. The standard InChI is InChI=1S/C16H17NO2S/c1-11-3-2-4-13(7-11)20-10-12-8-15-16(9-14(12)17)19-6-5-18-15/h2-4,7-9H,5-6,10,17H2,1H3. The maximum absolute atomic E-state index is 6.09. The fraction of sp³-hybridized carbons (Fsp3) is 0.250. The van der Waals surface area contributed by atoms with Gasteiger partial charge in [-0.2, -0.15) is 0 Å². The van der Waals surface area contributed by atoms with E-state index in [-0.39, 0.29) is 0 Å². The van der Waals surface area contributed by atoms with Gasteiger partial charge in [-0.3, -0.25) is 0 Å². The zero-order valence-electron chi connectivity index (χ0n) is 11.4. The van der Waals surface area contributed by atoms with Crippen LogP contribution in [-0.4, -0.2) is 13.2 Å². The van der Waals surface area contributed by atoms with Gasteiger partial charge in [0.05, 0.1) is 0 Å². The number of nitrogen functional groups attached to an aromatic ring is 1. The molecule has 0 aliphatic carbocycles. The molecule has 0 amide bonds. The predicted octanol–water partition coefficient (Wildman–Crippen LogP) is 3.64. The Hall–Kier alpha value is -1.81. The van der Waals surface area contributed by atoms with Crippen molar-refractivity contribution in [1.82, 2.24) is 0 Å². The van der Waals surface area contributed by atoms with E-state index in [1.807, 2.05) is 12.1 Å². The Labute approximate surface area is 123 Å². The molecule has 0 bridgehead atoms. The Morgan fingerprint density at radius 3 is 2.60 bits per heavy atom. The zero-order valence-corrected chi connectivity index (χ0v) is 12.2. The maximum Gasteiger partial charge on any atom is 0.163 e. The van der Waals surface area contributed by atoms with E-state index >= 15 is 0 Å². The van der Waals surface area contributed by atoms with Crippen LogP contribution in [0.2, 0.25) is 0 Å². The molecule has 20 heavy (non-hydrogen) atoms. The molecule has 3 nitrogen and oxygen atoms in total. The third kappa shape index (κ3) is 2.85. The zero-order chi connectivity index (χ0) is 13.9. The fourth-order valence-corrected chi connectivity index (χ4v) is 3.15. The first kappa shape index (κ1) is 13.2. The molecule has 2 N–H and O–H groups in total. The highest BCUT2D eigenvalue weighted by Crippen LogP contribution is 2.36. The Balaban J connectivity index is 1.77. The molecule has 0 spiro atoms. The van der Waals surface area contributed by atoms with Crippen molar-refractivity contribution in [1.29, 1.82) is 0 Å². The number of fused-ring (bicyclic) bond motifs is 1. The van der Waals surface area contributed by atoms with Crippen LogP contribution in [0.5, 0.6) is 11.5 Å². The number of thioether (sulfide) groups is 1. The van der Waals surface area contributed by atoms with Crippen molar-refractivity contribution in [3.05, 3.63) is 47.5 Å². The fourth-order valence-electron chi connectivity index (χ4n) is 2.14. The van der Waals surface area contributed by atoms with E-state index in [9.17, 15) is 0 Å². The maximum atomic E-state index is 6.09. The highest BCUT2D eigenvalue weighted by atomic mass is 32.2. The Morgan fingerprint density at radius 2 is 1.85 bits per heavy atom. The van der Waals surface area contributed by atoms with Crippen molar-refractivity contribution in [2.75, 3.05) is 18.9 Å².